The van der Waals surface area contributed by atoms with Crippen LogP contribution in [0.15, 0.2) is 36.4 Å². The summed E-state index contributed by atoms with van der Waals surface area (Å²) in [6.45, 7) is 5.74. The lowest BCUT2D eigenvalue weighted by molar-refractivity contribution is -0.137. The maximum absolute atomic E-state index is 11.0. The summed E-state index contributed by atoms with van der Waals surface area (Å²) in [7, 11) is 0. The van der Waals surface area contributed by atoms with Gasteiger partial charge in [0.2, 0.25) is 0 Å². The van der Waals surface area contributed by atoms with Crippen molar-refractivity contribution in [3.8, 4) is 0 Å². The molecule has 0 saturated heterocycles. The molecule has 0 amide bonds. The number of carbonyl (C=O) groups is 1. The van der Waals surface area contributed by atoms with Crippen LogP contribution in [0.25, 0.3) is 0 Å². The molecule has 0 fully saturated rings. The normalized spacial score (nSPS) is 10.7. The van der Waals surface area contributed by atoms with Crippen molar-refractivity contribution in [1.29, 1.82) is 0 Å². The summed E-state index contributed by atoms with van der Waals surface area (Å²) in [5.74, 6) is -0.287. The van der Waals surface area contributed by atoms with Crippen LogP contribution in [-0.4, -0.2) is 19.1 Å². The molecule has 0 aliphatic carbocycles. The highest BCUT2D eigenvalue weighted by molar-refractivity contribution is 5.81. The van der Waals surface area contributed by atoms with Gasteiger partial charge < -0.3 is 10.1 Å². The molecule has 0 radical (unpaired) electrons. The standard InChI is InChI=1S/C14H19NO2/c1-3-17-14(16)8-5-9-15-11-13-7-4-6-12(2)10-13/h4-8,10,15H,3,9,11H2,1-2H3/b8-5+. The molecule has 3 nitrogen and oxygen atoms in total. The topological polar surface area (TPSA) is 38.3 Å². The number of hydrogen-bond acceptors (Lipinski definition) is 3. The Kier molecular flexibility index (Phi) is 6.04. The van der Waals surface area contributed by atoms with Gasteiger partial charge in [0.25, 0.3) is 0 Å². The van der Waals surface area contributed by atoms with E-state index in [2.05, 4.69) is 30.4 Å². The molecule has 0 aliphatic heterocycles. The second kappa shape index (κ2) is 7.63. The van der Waals surface area contributed by atoms with E-state index in [9.17, 15) is 4.79 Å². The summed E-state index contributed by atoms with van der Waals surface area (Å²) in [4.78, 5) is 11.0. The first kappa shape index (κ1) is 13.5. The molecular formula is C14H19NO2. The summed E-state index contributed by atoms with van der Waals surface area (Å²) in [5, 5.41) is 3.23. The predicted octanol–water partition coefficient (Wildman–Crippen LogP) is 2.20. The molecule has 0 aromatic heterocycles. The fourth-order valence-corrected chi connectivity index (χ4v) is 1.47. The molecule has 0 heterocycles. The van der Waals surface area contributed by atoms with Gasteiger partial charge in [-0.3, -0.25) is 0 Å². The smallest absolute Gasteiger partial charge is 0.330 e. The Morgan fingerprint density at radius 2 is 2.29 bits per heavy atom. The van der Waals surface area contributed by atoms with Gasteiger partial charge in [0.15, 0.2) is 0 Å². The second-order valence-electron chi connectivity index (χ2n) is 3.77. The monoisotopic (exact) mass is 233 g/mol. The molecule has 1 aromatic carbocycles. The highest BCUT2D eigenvalue weighted by Crippen LogP contribution is 2.02. The van der Waals surface area contributed by atoms with Gasteiger partial charge in [-0.2, -0.15) is 0 Å². The van der Waals surface area contributed by atoms with E-state index in [0.29, 0.717) is 13.2 Å². The van der Waals surface area contributed by atoms with Gasteiger partial charge in [0.05, 0.1) is 6.61 Å². The molecule has 17 heavy (non-hydrogen) atoms. The third kappa shape index (κ3) is 5.88. The van der Waals surface area contributed by atoms with E-state index in [4.69, 9.17) is 4.74 Å². The van der Waals surface area contributed by atoms with Crippen LogP contribution in [-0.2, 0) is 16.1 Å². The van der Waals surface area contributed by atoms with Gasteiger partial charge in [-0.25, -0.2) is 4.79 Å². The molecule has 0 aliphatic rings. The molecule has 0 bridgehead atoms. The van der Waals surface area contributed by atoms with Crippen LogP contribution < -0.4 is 5.32 Å². The first-order valence-electron chi connectivity index (χ1n) is 5.82. The van der Waals surface area contributed by atoms with Crippen molar-refractivity contribution in [2.45, 2.75) is 20.4 Å². The Morgan fingerprint density at radius 1 is 1.47 bits per heavy atom. The van der Waals surface area contributed by atoms with Gasteiger partial charge >= 0.3 is 5.97 Å². The summed E-state index contributed by atoms with van der Waals surface area (Å²) in [5.41, 5.74) is 2.50. The Morgan fingerprint density at radius 3 is 3.00 bits per heavy atom. The molecule has 0 unspecified atom stereocenters. The van der Waals surface area contributed by atoms with E-state index in [-0.39, 0.29) is 5.97 Å². The summed E-state index contributed by atoms with van der Waals surface area (Å²) < 4.78 is 4.77. The van der Waals surface area contributed by atoms with Gasteiger partial charge in [-0.15, -0.1) is 0 Å². The average Bonchev–Trinajstić information content (AvgIpc) is 2.29. The summed E-state index contributed by atoms with van der Waals surface area (Å²) in [6, 6.07) is 8.34. The van der Waals surface area contributed by atoms with Crippen LogP contribution in [0.1, 0.15) is 18.1 Å². The molecule has 3 heteroatoms. The highest BCUT2D eigenvalue weighted by atomic mass is 16.5. The zero-order valence-electron chi connectivity index (χ0n) is 10.4. The molecule has 0 spiro atoms. The number of benzene rings is 1. The van der Waals surface area contributed by atoms with Crippen LogP contribution in [0.5, 0.6) is 0 Å². The largest absolute Gasteiger partial charge is 0.463 e. The van der Waals surface area contributed by atoms with E-state index in [1.54, 1.807) is 13.0 Å². The number of carbonyl (C=O) groups excluding carboxylic acids is 1. The Labute approximate surface area is 102 Å². The lowest BCUT2D eigenvalue weighted by Crippen LogP contribution is -2.13. The third-order valence-corrected chi connectivity index (χ3v) is 2.21. The molecule has 0 atom stereocenters. The van der Waals surface area contributed by atoms with Crippen LogP contribution >= 0.6 is 0 Å². The summed E-state index contributed by atoms with van der Waals surface area (Å²) >= 11 is 0. The van der Waals surface area contributed by atoms with Crippen LogP contribution in [0.3, 0.4) is 0 Å². The Bertz CT molecular complexity index is 386. The zero-order valence-corrected chi connectivity index (χ0v) is 10.4. The van der Waals surface area contributed by atoms with Crippen LogP contribution in [0.4, 0.5) is 0 Å². The molecule has 0 saturated carbocycles. The number of ether oxygens (including phenoxy) is 1. The van der Waals surface area contributed by atoms with Crippen LogP contribution in [0, 0.1) is 6.92 Å². The molecule has 1 N–H and O–H groups in total. The molecular weight excluding hydrogens is 214 g/mol. The number of hydrogen-bond donors (Lipinski definition) is 1. The third-order valence-electron chi connectivity index (χ3n) is 2.21. The Balaban J connectivity index is 2.22. The lowest BCUT2D eigenvalue weighted by Gasteiger charge is -2.02. The van der Waals surface area contributed by atoms with Crippen LogP contribution in [0.2, 0.25) is 0 Å². The van der Waals surface area contributed by atoms with E-state index in [1.807, 2.05) is 6.07 Å². The molecule has 1 rings (SSSR count). The van der Waals surface area contributed by atoms with E-state index in [0.717, 1.165) is 6.54 Å². The second-order valence-corrected chi connectivity index (χ2v) is 3.77. The maximum Gasteiger partial charge on any atom is 0.330 e. The van der Waals surface area contributed by atoms with Crippen molar-refractivity contribution >= 4 is 5.97 Å². The van der Waals surface area contributed by atoms with E-state index < -0.39 is 0 Å². The number of esters is 1. The first-order chi connectivity index (χ1) is 8.22. The minimum absolute atomic E-state index is 0.287. The highest BCUT2D eigenvalue weighted by Gasteiger charge is 1.93. The fourth-order valence-electron chi connectivity index (χ4n) is 1.47. The average molecular weight is 233 g/mol. The van der Waals surface area contributed by atoms with Crippen molar-refractivity contribution in [3.63, 3.8) is 0 Å². The Hall–Kier alpha value is -1.61. The molecule has 92 valence electrons. The van der Waals surface area contributed by atoms with Gasteiger partial charge in [0, 0.05) is 19.2 Å². The fraction of sp³-hybridized carbons (Fsp3) is 0.357. The zero-order chi connectivity index (χ0) is 12.5. The van der Waals surface area contributed by atoms with Crippen molar-refractivity contribution < 1.29 is 9.53 Å². The quantitative estimate of drug-likeness (QED) is 0.465. The first-order valence-corrected chi connectivity index (χ1v) is 5.82. The van der Waals surface area contributed by atoms with Gasteiger partial charge in [0.1, 0.15) is 0 Å². The van der Waals surface area contributed by atoms with Gasteiger partial charge in [-0.1, -0.05) is 35.9 Å². The number of nitrogens with one attached hydrogen (secondary N) is 1. The van der Waals surface area contributed by atoms with Crippen molar-refractivity contribution in [3.05, 3.63) is 47.5 Å². The summed E-state index contributed by atoms with van der Waals surface area (Å²) in [6.07, 6.45) is 3.22. The lowest BCUT2D eigenvalue weighted by atomic mass is 10.1. The van der Waals surface area contributed by atoms with Crippen molar-refractivity contribution in [1.82, 2.24) is 5.32 Å². The number of aryl methyl sites for hydroxylation is 1. The molecule has 1 aromatic rings. The van der Waals surface area contributed by atoms with E-state index >= 15 is 0 Å². The van der Waals surface area contributed by atoms with E-state index in [1.165, 1.54) is 17.2 Å². The maximum atomic E-state index is 11.0. The minimum atomic E-state index is -0.287. The number of rotatable bonds is 6. The van der Waals surface area contributed by atoms with Crippen molar-refractivity contribution in [2.75, 3.05) is 13.2 Å². The predicted molar refractivity (Wildman–Crippen MR) is 68.7 cm³/mol. The minimum Gasteiger partial charge on any atom is -0.463 e. The SMILES string of the molecule is CCOC(=O)/C=C/CNCc1cccc(C)c1. The van der Waals surface area contributed by atoms with Crippen molar-refractivity contribution in [2.24, 2.45) is 0 Å². The van der Waals surface area contributed by atoms with Gasteiger partial charge in [-0.05, 0) is 19.4 Å².